The number of amides is 1. The molecule has 0 aliphatic carbocycles. The molecular formula is C17H17BrN6O. The van der Waals surface area contributed by atoms with Crippen molar-refractivity contribution in [2.45, 2.75) is 19.4 Å². The maximum atomic E-state index is 11.8. The van der Waals surface area contributed by atoms with Crippen LogP contribution in [0.25, 0.3) is 11.0 Å². The quantitative estimate of drug-likeness (QED) is 0.728. The number of benzene rings is 1. The third-order valence-corrected chi connectivity index (χ3v) is 4.91. The maximum absolute atomic E-state index is 11.8. The van der Waals surface area contributed by atoms with Gasteiger partial charge in [-0.05, 0) is 40.0 Å². The summed E-state index contributed by atoms with van der Waals surface area (Å²) in [6, 6.07) is 8.06. The predicted molar refractivity (Wildman–Crippen MR) is 99.4 cm³/mol. The van der Waals surface area contributed by atoms with Crippen LogP contribution in [-0.4, -0.2) is 32.2 Å². The van der Waals surface area contributed by atoms with Gasteiger partial charge in [-0.15, -0.1) is 0 Å². The van der Waals surface area contributed by atoms with Crippen LogP contribution < -0.4 is 10.2 Å². The molecule has 8 heteroatoms. The number of nitrogens with zero attached hydrogens (tertiary/aromatic N) is 5. The molecule has 0 bridgehead atoms. The fourth-order valence-electron chi connectivity index (χ4n) is 3.08. The van der Waals surface area contributed by atoms with Gasteiger partial charge in [-0.1, -0.05) is 12.1 Å². The number of fused-ring (bicyclic) bond motifs is 1. The highest BCUT2D eigenvalue weighted by Crippen LogP contribution is 2.27. The van der Waals surface area contributed by atoms with Crippen molar-refractivity contribution in [3.8, 4) is 0 Å². The van der Waals surface area contributed by atoms with Crippen molar-refractivity contribution in [2.75, 3.05) is 16.8 Å². The average molecular weight is 401 g/mol. The number of anilines is 2. The summed E-state index contributed by atoms with van der Waals surface area (Å²) in [4.78, 5) is 22.3. The summed E-state index contributed by atoms with van der Waals surface area (Å²) >= 11 is 3.46. The van der Waals surface area contributed by atoms with Gasteiger partial charge in [0, 0.05) is 32.2 Å². The third-order valence-electron chi connectivity index (χ3n) is 4.36. The van der Waals surface area contributed by atoms with Crippen LogP contribution in [0.4, 0.5) is 11.5 Å². The Morgan fingerprint density at radius 2 is 2.04 bits per heavy atom. The molecule has 25 heavy (non-hydrogen) atoms. The molecule has 1 aliphatic heterocycles. The van der Waals surface area contributed by atoms with E-state index < -0.39 is 0 Å². The summed E-state index contributed by atoms with van der Waals surface area (Å²) in [6.07, 6.45) is 3.11. The second kappa shape index (κ2) is 6.44. The molecule has 1 fully saturated rings. The fourth-order valence-corrected chi connectivity index (χ4v) is 3.68. The second-order valence-electron chi connectivity index (χ2n) is 6.00. The first kappa shape index (κ1) is 16.0. The van der Waals surface area contributed by atoms with Gasteiger partial charge in [-0.25, -0.2) is 14.6 Å². The van der Waals surface area contributed by atoms with Crippen molar-refractivity contribution < 1.29 is 4.79 Å². The Hall–Kier alpha value is -2.48. The number of aromatic nitrogens is 4. The highest BCUT2D eigenvalue weighted by Gasteiger charge is 2.21. The molecule has 0 spiro atoms. The van der Waals surface area contributed by atoms with Gasteiger partial charge >= 0.3 is 0 Å². The van der Waals surface area contributed by atoms with E-state index in [9.17, 15) is 4.79 Å². The summed E-state index contributed by atoms with van der Waals surface area (Å²) in [5.41, 5.74) is 2.85. The Bertz CT molecular complexity index is 936. The zero-order valence-electron chi connectivity index (χ0n) is 13.7. The molecule has 2 aromatic heterocycles. The summed E-state index contributed by atoms with van der Waals surface area (Å²) in [5, 5.41) is 8.53. The first-order valence-electron chi connectivity index (χ1n) is 8.10. The molecule has 3 aromatic rings. The molecule has 7 nitrogen and oxygen atoms in total. The van der Waals surface area contributed by atoms with Crippen LogP contribution in [0.15, 0.2) is 35.2 Å². The lowest BCUT2D eigenvalue weighted by molar-refractivity contribution is -0.117. The zero-order chi connectivity index (χ0) is 17.4. The lowest BCUT2D eigenvalue weighted by Gasteiger charge is -2.16. The lowest BCUT2D eigenvalue weighted by Crippen LogP contribution is -2.23. The number of hydrogen-bond donors (Lipinski definition) is 1. The van der Waals surface area contributed by atoms with Crippen LogP contribution in [0.5, 0.6) is 0 Å². The van der Waals surface area contributed by atoms with Gasteiger partial charge in [0.05, 0.1) is 5.39 Å². The number of halogens is 1. The van der Waals surface area contributed by atoms with Crippen LogP contribution >= 0.6 is 15.9 Å². The normalized spacial score (nSPS) is 14.5. The molecule has 0 unspecified atom stereocenters. The smallest absolute Gasteiger partial charge is 0.227 e. The van der Waals surface area contributed by atoms with Crippen molar-refractivity contribution >= 4 is 44.4 Å². The van der Waals surface area contributed by atoms with E-state index in [1.165, 1.54) is 6.33 Å². The number of aryl methyl sites for hydroxylation is 1. The van der Waals surface area contributed by atoms with Crippen molar-refractivity contribution in [3.63, 3.8) is 0 Å². The van der Waals surface area contributed by atoms with E-state index in [0.717, 1.165) is 45.7 Å². The molecule has 1 aliphatic rings. The molecule has 1 N–H and O–H groups in total. The fraction of sp³-hybridized carbons (Fsp3) is 0.294. The molecule has 0 atom stereocenters. The third kappa shape index (κ3) is 2.97. The predicted octanol–water partition coefficient (Wildman–Crippen LogP) is 2.86. The van der Waals surface area contributed by atoms with Crippen LogP contribution in [0.2, 0.25) is 0 Å². The van der Waals surface area contributed by atoms with Crippen molar-refractivity contribution in [3.05, 3.63) is 40.8 Å². The van der Waals surface area contributed by atoms with E-state index in [1.54, 1.807) is 4.68 Å². The first-order valence-corrected chi connectivity index (χ1v) is 8.89. The minimum absolute atomic E-state index is 0.204. The highest BCUT2D eigenvalue weighted by atomic mass is 79.9. The summed E-state index contributed by atoms with van der Waals surface area (Å²) in [5.74, 6) is 0.944. The second-order valence-corrected chi connectivity index (χ2v) is 6.76. The monoisotopic (exact) mass is 400 g/mol. The van der Waals surface area contributed by atoms with Crippen molar-refractivity contribution in [2.24, 2.45) is 7.05 Å². The van der Waals surface area contributed by atoms with Gasteiger partial charge < -0.3 is 10.2 Å². The Morgan fingerprint density at radius 1 is 1.24 bits per heavy atom. The molecule has 0 radical (unpaired) electrons. The van der Waals surface area contributed by atoms with E-state index in [2.05, 4.69) is 36.3 Å². The largest absolute Gasteiger partial charge is 0.365 e. The summed E-state index contributed by atoms with van der Waals surface area (Å²) in [6.45, 7) is 1.44. The molecule has 1 amide bonds. The Labute approximate surface area is 153 Å². The molecule has 0 saturated carbocycles. The molecular weight excluding hydrogens is 384 g/mol. The van der Waals surface area contributed by atoms with Gasteiger partial charge in [-0.3, -0.25) is 4.79 Å². The van der Waals surface area contributed by atoms with Crippen molar-refractivity contribution in [1.29, 1.82) is 0 Å². The van der Waals surface area contributed by atoms with E-state index in [4.69, 9.17) is 0 Å². The van der Waals surface area contributed by atoms with Gasteiger partial charge in [0.25, 0.3) is 0 Å². The van der Waals surface area contributed by atoms with Gasteiger partial charge in [-0.2, -0.15) is 5.10 Å². The maximum Gasteiger partial charge on any atom is 0.227 e. The zero-order valence-corrected chi connectivity index (χ0v) is 15.3. The van der Waals surface area contributed by atoms with Crippen LogP contribution in [0.3, 0.4) is 0 Å². The lowest BCUT2D eigenvalue weighted by atomic mass is 10.2. The van der Waals surface area contributed by atoms with E-state index in [1.807, 2.05) is 36.2 Å². The minimum Gasteiger partial charge on any atom is -0.365 e. The van der Waals surface area contributed by atoms with Crippen LogP contribution in [-0.2, 0) is 18.4 Å². The number of carbonyl (C=O) groups excluding carboxylic acids is 1. The molecule has 4 rings (SSSR count). The first-order chi connectivity index (χ1) is 12.1. The number of carbonyl (C=O) groups is 1. The number of hydrogen-bond acceptors (Lipinski definition) is 5. The van der Waals surface area contributed by atoms with Crippen LogP contribution in [0.1, 0.15) is 18.4 Å². The van der Waals surface area contributed by atoms with Gasteiger partial charge in [0.2, 0.25) is 5.91 Å². The van der Waals surface area contributed by atoms with Gasteiger partial charge in [0.15, 0.2) is 5.65 Å². The van der Waals surface area contributed by atoms with E-state index in [0.29, 0.717) is 13.0 Å². The molecule has 128 valence electrons. The summed E-state index contributed by atoms with van der Waals surface area (Å²) in [7, 11) is 1.85. The standard InChI is InChI=1S/C17H17BrN6O/c1-23-17-14(15(18)22-23)16(20-10-21-17)19-9-11-4-6-12(7-5-11)24-8-2-3-13(24)25/h4-7,10H,2-3,8-9H2,1H3,(H,19,20,21). The minimum atomic E-state index is 0.204. The highest BCUT2D eigenvalue weighted by molar-refractivity contribution is 9.10. The Balaban J connectivity index is 1.51. The Morgan fingerprint density at radius 3 is 2.76 bits per heavy atom. The number of rotatable bonds is 4. The summed E-state index contributed by atoms with van der Waals surface area (Å²) < 4.78 is 2.43. The van der Waals surface area contributed by atoms with Crippen molar-refractivity contribution in [1.82, 2.24) is 19.7 Å². The van der Waals surface area contributed by atoms with Crippen LogP contribution in [0, 0.1) is 0 Å². The number of nitrogens with one attached hydrogen (secondary N) is 1. The SMILES string of the molecule is Cn1nc(Br)c2c(NCc3ccc(N4CCCC4=O)cc3)ncnc21. The average Bonchev–Trinajstić information content (AvgIpc) is 3.17. The molecule has 1 saturated heterocycles. The van der Waals surface area contributed by atoms with Gasteiger partial charge in [0.1, 0.15) is 16.7 Å². The van der Waals surface area contributed by atoms with E-state index in [-0.39, 0.29) is 5.91 Å². The topological polar surface area (TPSA) is 75.9 Å². The Kier molecular flexibility index (Phi) is 4.12. The molecule has 1 aromatic carbocycles. The molecule has 3 heterocycles. The van der Waals surface area contributed by atoms with E-state index >= 15 is 0 Å².